The van der Waals surface area contributed by atoms with Gasteiger partial charge in [-0.1, -0.05) is 0 Å². The van der Waals surface area contributed by atoms with E-state index >= 15 is 0 Å². The third kappa shape index (κ3) is 2.36. The van der Waals surface area contributed by atoms with Crippen molar-refractivity contribution in [2.45, 2.75) is 5.03 Å². The molecule has 1 rings (SSSR count). The third-order valence-corrected chi connectivity index (χ3v) is 3.24. The first kappa shape index (κ1) is 13.4. The van der Waals surface area contributed by atoms with Gasteiger partial charge in [-0.3, -0.25) is 13.9 Å². The largest absolute Gasteiger partial charge is 0.477 e. The Labute approximate surface area is 92.9 Å². The molecule has 0 amide bonds. The first-order valence-electron chi connectivity index (χ1n) is 3.50. The molecule has 0 saturated heterocycles. The normalized spacial score (nSPS) is 12.6. The lowest BCUT2D eigenvalue weighted by Gasteiger charge is -2.01. The van der Waals surface area contributed by atoms with Crippen LogP contribution in [0.2, 0.25) is 0 Å². The lowest BCUT2D eigenvalue weighted by molar-refractivity contribution is 0.0690. The number of hydrogen-bond acceptors (Lipinski definition) is 6. The standard InChI is InChI=1S/C4H4N2O9S2/c7-2-1(4(8)9)3(16(10,11)12)6(5-2)17(13,14)15/h(H,5,7)(H,8,9)(H,10,11,12)(H,13,14,15). The zero-order valence-electron chi connectivity index (χ0n) is 7.55. The minimum Gasteiger partial charge on any atom is -0.477 e. The minimum absolute atomic E-state index is 0.659. The second-order valence-corrected chi connectivity index (χ2v) is 5.24. The van der Waals surface area contributed by atoms with Gasteiger partial charge in [-0.25, -0.2) is 9.89 Å². The Morgan fingerprint density at radius 2 is 1.65 bits per heavy atom. The van der Waals surface area contributed by atoms with E-state index in [4.69, 9.17) is 14.2 Å². The molecule has 17 heavy (non-hydrogen) atoms. The number of H-pyrrole nitrogens is 1. The van der Waals surface area contributed by atoms with Crippen molar-refractivity contribution in [3.05, 3.63) is 15.9 Å². The van der Waals surface area contributed by atoms with Crippen LogP contribution in [-0.4, -0.2) is 46.2 Å². The van der Waals surface area contributed by atoms with E-state index in [9.17, 15) is 26.4 Å². The highest BCUT2D eigenvalue weighted by atomic mass is 32.2. The van der Waals surface area contributed by atoms with Crippen molar-refractivity contribution in [2.75, 3.05) is 0 Å². The molecule has 0 fully saturated rings. The summed E-state index contributed by atoms with van der Waals surface area (Å²) in [5.41, 5.74) is -3.16. The molecular weight excluding hydrogens is 284 g/mol. The van der Waals surface area contributed by atoms with Gasteiger partial charge in [0.25, 0.3) is 5.56 Å². The molecule has 0 aromatic carbocycles. The van der Waals surface area contributed by atoms with E-state index in [1.807, 2.05) is 0 Å². The van der Waals surface area contributed by atoms with Crippen LogP contribution in [0.15, 0.2) is 9.82 Å². The summed E-state index contributed by atoms with van der Waals surface area (Å²) in [5.74, 6) is -2.10. The van der Waals surface area contributed by atoms with E-state index < -0.39 is 46.6 Å². The Morgan fingerprint density at radius 1 is 1.18 bits per heavy atom. The van der Waals surface area contributed by atoms with Crippen LogP contribution < -0.4 is 5.56 Å². The van der Waals surface area contributed by atoms with Crippen LogP contribution in [0.4, 0.5) is 0 Å². The Morgan fingerprint density at radius 3 is 1.94 bits per heavy atom. The molecule has 0 bridgehead atoms. The number of aromatic amines is 1. The zero-order chi connectivity index (χ0) is 13.6. The molecular formula is C4H4N2O9S2. The van der Waals surface area contributed by atoms with Crippen LogP contribution in [0.25, 0.3) is 0 Å². The van der Waals surface area contributed by atoms with Crippen molar-refractivity contribution < 1.29 is 35.8 Å². The van der Waals surface area contributed by atoms with Crippen LogP contribution >= 0.6 is 0 Å². The number of aromatic nitrogens is 2. The number of carboxylic acid groups (broad SMARTS) is 1. The molecule has 0 atom stereocenters. The molecule has 4 N–H and O–H groups in total. The van der Waals surface area contributed by atoms with E-state index in [1.54, 1.807) is 0 Å². The zero-order valence-corrected chi connectivity index (χ0v) is 9.19. The van der Waals surface area contributed by atoms with Gasteiger partial charge >= 0.3 is 26.4 Å². The monoisotopic (exact) mass is 288 g/mol. The number of nitrogens with one attached hydrogen (secondary N) is 1. The summed E-state index contributed by atoms with van der Waals surface area (Å²) in [5, 5.41) is 7.97. The summed E-state index contributed by atoms with van der Waals surface area (Å²) in [4.78, 5) is 21.5. The van der Waals surface area contributed by atoms with Crippen LogP contribution in [0.5, 0.6) is 0 Å². The fourth-order valence-corrected chi connectivity index (χ4v) is 2.74. The Kier molecular flexibility index (Phi) is 2.88. The lowest BCUT2D eigenvalue weighted by Crippen LogP contribution is -2.19. The van der Waals surface area contributed by atoms with Gasteiger partial charge < -0.3 is 5.11 Å². The summed E-state index contributed by atoms with van der Waals surface area (Å²) in [6.45, 7) is 0. The molecule has 0 aliphatic heterocycles. The summed E-state index contributed by atoms with van der Waals surface area (Å²) < 4.78 is 59.4. The Hall–Kier alpha value is -1.70. The second kappa shape index (κ2) is 3.66. The van der Waals surface area contributed by atoms with E-state index in [1.165, 1.54) is 5.10 Å². The molecule has 0 aliphatic carbocycles. The van der Waals surface area contributed by atoms with Crippen molar-refractivity contribution in [2.24, 2.45) is 0 Å². The molecule has 0 saturated carbocycles. The smallest absolute Gasteiger partial charge is 0.378 e. The van der Waals surface area contributed by atoms with Crippen LogP contribution in [0.3, 0.4) is 0 Å². The van der Waals surface area contributed by atoms with Gasteiger partial charge in [-0.2, -0.15) is 16.8 Å². The van der Waals surface area contributed by atoms with Crippen molar-refractivity contribution in [1.29, 1.82) is 0 Å². The van der Waals surface area contributed by atoms with E-state index in [2.05, 4.69) is 0 Å². The van der Waals surface area contributed by atoms with Crippen molar-refractivity contribution in [3.63, 3.8) is 0 Å². The third-order valence-electron chi connectivity index (χ3n) is 1.52. The highest BCUT2D eigenvalue weighted by Crippen LogP contribution is 2.13. The van der Waals surface area contributed by atoms with Crippen LogP contribution in [-0.2, 0) is 20.4 Å². The Bertz CT molecular complexity index is 732. The van der Waals surface area contributed by atoms with Gasteiger partial charge in [0.2, 0.25) is 5.03 Å². The van der Waals surface area contributed by atoms with Gasteiger partial charge in [-0.15, -0.1) is 4.09 Å². The SMILES string of the molecule is O=C(O)c1c(S(=O)(=O)O)n(S(=O)(=O)O)[nH]c1=O. The maximum Gasteiger partial charge on any atom is 0.378 e. The topological polar surface area (TPSA) is 184 Å². The molecule has 13 heteroatoms. The average molecular weight is 288 g/mol. The lowest BCUT2D eigenvalue weighted by atomic mass is 10.4. The summed E-state index contributed by atoms with van der Waals surface area (Å²) in [7, 11) is -10.7. The molecule has 96 valence electrons. The fourth-order valence-electron chi connectivity index (χ4n) is 0.982. The number of carboxylic acids is 1. The summed E-state index contributed by atoms with van der Waals surface area (Å²) >= 11 is 0. The Balaban J connectivity index is 4.00. The number of hydrogen-bond donors (Lipinski definition) is 4. The molecule has 1 heterocycles. The number of nitrogens with zero attached hydrogens (tertiary/aromatic N) is 1. The van der Waals surface area contributed by atoms with Crippen molar-refractivity contribution in [1.82, 2.24) is 9.19 Å². The van der Waals surface area contributed by atoms with Crippen LogP contribution in [0, 0.1) is 0 Å². The second-order valence-electron chi connectivity index (χ2n) is 2.64. The van der Waals surface area contributed by atoms with Gasteiger partial charge in [0.05, 0.1) is 0 Å². The number of aromatic carboxylic acids is 1. The van der Waals surface area contributed by atoms with Crippen LogP contribution in [0.1, 0.15) is 10.4 Å². The van der Waals surface area contributed by atoms with Gasteiger partial charge in [0, 0.05) is 0 Å². The van der Waals surface area contributed by atoms with Crippen molar-refractivity contribution >= 4 is 26.4 Å². The number of carbonyl (C=O) groups is 1. The van der Waals surface area contributed by atoms with Gasteiger partial charge in [-0.05, 0) is 0 Å². The van der Waals surface area contributed by atoms with E-state index in [0.29, 0.717) is 0 Å². The van der Waals surface area contributed by atoms with Gasteiger partial charge in [0.1, 0.15) is 0 Å². The molecule has 0 spiro atoms. The quantitative estimate of drug-likeness (QED) is 0.447. The predicted molar refractivity (Wildman–Crippen MR) is 48.8 cm³/mol. The molecule has 0 aliphatic rings. The summed E-state index contributed by atoms with van der Waals surface area (Å²) in [6.07, 6.45) is 0. The molecule has 0 radical (unpaired) electrons. The molecule has 0 unspecified atom stereocenters. The predicted octanol–water partition coefficient (Wildman–Crippen LogP) is -2.23. The van der Waals surface area contributed by atoms with E-state index in [-0.39, 0.29) is 0 Å². The average Bonchev–Trinajstić information content (AvgIpc) is 2.40. The molecule has 1 aromatic heterocycles. The summed E-state index contributed by atoms with van der Waals surface area (Å²) in [6, 6.07) is 0. The first-order chi connectivity index (χ1) is 7.46. The fraction of sp³-hybridized carbons (Fsp3) is 0. The minimum atomic E-state index is -5.36. The highest BCUT2D eigenvalue weighted by Gasteiger charge is 2.33. The number of rotatable bonds is 3. The molecule has 11 nitrogen and oxygen atoms in total. The van der Waals surface area contributed by atoms with E-state index in [0.717, 1.165) is 0 Å². The van der Waals surface area contributed by atoms with Gasteiger partial charge in [0.15, 0.2) is 5.56 Å². The first-order valence-corrected chi connectivity index (χ1v) is 6.33. The highest BCUT2D eigenvalue weighted by molar-refractivity contribution is 7.88. The maximum atomic E-state index is 11.0. The molecule has 1 aromatic rings. The maximum absolute atomic E-state index is 11.0. The van der Waals surface area contributed by atoms with Crippen molar-refractivity contribution in [3.8, 4) is 0 Å².